The number of hydrogen-bond acceptors (Lipinski definition) is 4. The Morgan fingerprint density at radius 3 is 2.59 bits per heavy atom. The number of nitrogens with zero attached hydrogens (tertiary/aromatic N) is 1. The van der Waals surface area contributed by atoms with Gasteiger partial charge in [0.1, 0.15) is 5.76 Å². The van der Waals surface area contributed by atoms with Crippen molar-refractivity contribution in [1.82, 2.24) is 15.5 Å². The molecule has 3 aliphatic rings. The second kappa shape index (κ2) is 5.95. The first-order valence-electron chi connectivity index (χ1n) is 8.52. The van der Waals surface area contributed by atoms with Gasteiger partial charge in [-0.15, -0.1) is 0 Å². The number of rotatable bonds is 3. The molecule has 7 nitrogen and oxygen atoms in total. The second-order valence-electron chi connectivity index (χ2n) is 7.43. The fourth-order valence-corrected chi connectivity index (χ4v) is 4.40. The van der Waals surface area contributed by atoms with Gasteiger partial charge in [0.25, 0.3) is 5.91 Å². The number of imide groups is 1. The number of nitrogens with one attached hydrogen (secondary N) is 2. The van der Waals surface area contributed by atoms with Crippen LogP contribution in [0.25, 0.3) is 0 Å². The molecule has 8 heteroatoms. The number of carbonyl (C=O) groups is 3. The highest BCUT2D eigenvalue weighted by molar-refractivity contribution is 9.10. The number of urea groups is 1. The van der Waals surface area contributed by atoms with Crippen molar-refractivity contribution in [3.63, 3.8) is 0 Å². The predicted octanol–water partition coefficient (Wildman–Crippen LogP) is 1.96. The number of benzene rings is 1. The fraction of sp³-hybridized carbons (Fsp3) is 0.316. The molecule has 4 amide bonds. The number of allylic oxidation sites excluding steroid dienone is 1. The molecule has 0 radical (unpaired) electrons. The number of carbonyl (C=O) groups excluding carboxylic acids is 3. The van der Waals surface area contributed by atoms with Gasteiger partial charge in [-0.2, -0.15) is 0 Å². The number of fused-ring (bicyclic) bond motifs is 1. The number of likely N-dealkylation sites (tertiary alicyclic amines) is 1. The number of aliphatic hydroxyl groups excluding tert-OH is 1. The minimum atomic E-state index is -1.35. The summed E-state index contributed by atoms with van der Waals surface area (Å²) in [5.41, 5.74) is -1.32. The fourth-order valence-electron chi connectivity index (χ4n) is 4.14. The van der Waals surface area contributed by atoms with E-state index in [1.165, 1.54) is 6.08 Å². The molecule has 1 aliphatic carbocycles. The molecule has 140 valence electrons. The Morgan fingerprint density at radius 2 is 1.96 bits per heavy atom. The van der Waals surface area contributed by atoms with Gasteiger partial charge in [0.15, 0.2) is 5.54 Å². The van der Waals surface area contributed by atoms with E-state index < -0.39 is 28.8 Å². The van der Waals surface area contributed by atoms with E-state index in [0.29, 0.717) is 12.1 Å². The molecule has 4 rings (SSSR count). The molecule has 3 atom stereocenters. The van der Waals surface area contributed by atoms with E-state index in [0.717, 1.165) is 4.47 Å². The smallest absolute Gasteiger partial charge is 0.322 e. The number of halogens is 1. The molecule has 0 saturated carbocycles. The summed E-state index contributed by atoms with van der Waals surface area (Å²) < 4.78 is 0.840. The lowest BCUT2D eigenvalue weighted by molar-refractivity contribution is -0.132. The Hall–Kier alpha value is -2.61. The summed E-state index contributed by atoms with van der Waals surface area (Å²) in [6.45, 7) is 2.25. The van der Waals surface area contributed by atoms with Crippen molar-refractivity contribution in [3.8, 4) is 0 Å². The van der Waals surface area contributed by atoms with Crippen molar-refractivity contribution in [2.75, 3.05) is 13.1 Å². The summed E-state index contributed by atoms with van der Waals surface area (Å²) in [6.07, 6.45) is 4.88. The van der Waals surface area contributed by atoms with Gasteiger partial charge in [-0.05, 0) is 29.8 Å². The van der Waals surface area contributed by atoms with Crippen LogP contribution in [-0.4, -0.2) is 40.9 Å². The van der Waals surface area contributed by atoms with Gasteiger partial charge in [0.2, 0.25) is 5.91 Å². The summed E-state index contributed by atoms with van der Waals surface area (Å²) >= 11 is 3.36. The van der Waals surface area contributed by atoms with E-state index in [-0.39, 0.29) is 18.2 Å². The van der Waals surface area contributed by atoms with Crippen molar-refractivity contribution >= 4 is 33.8 Å². The highest BCUT2D eigenvalue weighted by Gasteiger charge is 2.54. The van der Waals surface area contributed by atoms with Gasteiger partial charge in [-0.1, -0.05) is 41.1 Å². The van der Waals surface area contributed by atoms with Gasteiger partial charge in [0.05, 0.1) is 12.5 Å². The highest BCUT2D eigenvalue weighted by atomic mass is 79.9. The van der Waals surface area contributed by atoms with E-state index >= 15 is 0 Å². The third-order valence-electron chi connectivity index (χ3n) is 5.46. The Balaban J connectivity index is 1.71. The van der Waals surface area contributed by atoms with Crippen molar-refractivity contribution in [2.45, 2.75) is 12.5 Å². The largest absolute Gasteiger partial charge is 0.508 e. The predicted molar refractivity (Wildman–Crippen MR) is 101 cm³/mol. The van der Waals surface area contributed by atoms with Crippen LogP contribution in [0.15, 0.2) is 52.7 Å². The second-order valence-corrected chi connectivity index (χ2v) is 8.34. The van der Waals surface area contributed by atoms with Gasteiger partial charge < -0.3 is 15.3 Å². The van der Waals surface area contributed by atoms with Gasteiger partial charge >= 0.3 is 6.03 Å². The lowest BCUT2D eigenvalue weighted by Crippen LogP contribution is -2.53. The van der Waals surface area contributed by atoms with Gasteiger partial charge in [0, 0.05) is 16.4 Å². The van der Waals surface area contributed by atoms with Crippen LogP contribution in [0, 0.1) is 11.3 Å². The van der Waals surface area contributed by atoms with Crippen LogP contribution in [0.3, 0.4) is 0 Å². The van der Waals surface area contributed by atoms with E-state index in [2.05, 4.69) is 26.6 Å². The molecule has 2 fully saturated rings. The maximum Gasteiger partial charge on any atom is 0.322 e. The summed E-state index contributed by atoms with van der Waals surface area (Å²) in [7, 11) is 0. The zero-order valence-electron chi connectivity index (χ0n) is 14.5. The van der Waals surface area contributed by atoms with E-state index in [9.17, 15) is 19.5 Å². The van der Waals surface area contributed by atoms with E-state index in [4.69, 9.17) is 0 Å². The molecule has 2 unspecified atom stereocenters. The van der Waals surface area contributed by atoms with Crippen molar-refractivity contribution in [3.05, 3.63) is 58.3 Å². The molecule has 27 heavy (non-hydrogen) atoms. The molecule has 0 bridgehead atoms. The maximum atomic E-state index is 13.0. The first kappa shape index (κ1) is 17.8. The molecule has 2 saturated heterocycles. The molecule has 2 aliphatic heterocycles. The van der Waals surface area contributed by atoms with Crippen molar-refractivity contribution < 1.29 is 19.5 Å². The first-order chi connectivity index (χ1) is 12.7. The molecule has 3 N–H and O–H groups in total. The average molecular weight is 432 g/mol. The van der Waals surface area contributed by atoms with Crippen LogP contribution >= 0.6 is 15.9 Å². The van der Waals surface area contributed by atoms with Crippen LogP contribution in [0.4, 0.5) is 4.79 Å². The molecular weight excluding hydrogens is 414 g/mol. The quantitative estimate of drug-likeness (QED) is 0.636. The van der Waals surface area contributed by atoms with Crippen LogP contribution in [0.2, 0.25) is 0 Å². The molecule has 1 aromatic carbocycles. The minimum absolute atomic E-state index is 0.0135. The Labute approximate surface area is 164 Å². The number of aliphatic hydroxyl groups is 1. The summed E-state index contributed by atoms with van der Waals surface area (Å²) in [6, 6.07) is 6.47. The molecule has 2 heterocycles. The topological polar surface area (TPSA) is 98.7 Å². The average Bonchev–Trinajstić information content (AvgIpc) is 3.01. The maximum absolute atomic E-state index is 13.0. The normalized spacial score (nSPS) is 32.2. The van der Waals surface area contributed by atoms with E-state index in [1.807, 2.05) is 6.92 Å². The van der Waals surface area contributed by atoms with Crippen LogP contribution < -0.4 is 10.6 Å². The number of amides is 4. The third-order valence-corrected chi connectivity index (χ3v) is 5.99. The molecular formula is C19H18BrN3O4. The summed E-state index contributed by atoms with van der Waals surface area (Å²) in [5.74, 6) is -0.909. The Kier molecular flexibility index (Phi) is 3.92. The highest BCUT2D eigenvalue weighted by Crippen LogP contribution is 2.43. The molecule has 0 spiro atoms. The monoisotopic (exact) mass is 431 g/mol. The lowest BCUT2D eigenvalue weighted by Gasteiger charge is -2.32. The molecule has 0 aromatic heterocycles. The first-order valence-corrected chi connectivity index (χ1v) is 9.31. The minimum Gasteiger partial charge on any atom is -0.508 e. The number of hydrogen-bond donors (Lipinski definition) is 3. The van der Waals surface area contributed by atoms with E-state index in [1.54, 1.807) is 41.3 Å². The standard InChI is InChI=1S/C19H18BrN3O4/c1-18-8-13(24)6-7-14(18)15(25)23(9-18)10-19(16(26)21-17(27)22-19)11-2-4-12(20)5-3-11/h2-8,14,24H,9-10H2,1H3,(H2,21,22,26,27)/t14?,18?,19-/m0/s1. The lowest BCUT2D eigenvalue weighted by atomic mass is 9.76. The molecule has 1 aromatic rings. The zero-order chi connectivity index (χ0) is 19.4. The van der Waals surface area contributed by atoms with Crippen LogP contribution in [0.1, 0.15) is 12.5 Å². The van der Waals surface area contributed by atoms with Crippen molar-refractivity contribution in [2.24, 2.45) is 11.3 Å². The zero-order valence-corrected chi connectivity index (χ0v) is 16.1. The Morgan fingerprint density at radius 1 is 1.26 bits per heavy atom. The van der Waals surface area contributed by atoms with Crippen molar-refractivity contribution in [1.29, 1.82) is 0 Å². The van der Waals surface area contributed by atoms with Gasteiger partial charge in [-0.25, -0.2) is 4.79 Å². The Bertz CT molecular complexity index is 910. The SMILES string of the molecule is CC12C=C(O)C=CC1C(=O)N(C[C@@]1(c3ccc(Br)cc3)NC(=O)NC1=O)C2. The van der Waals surface area contributed by atoms with Crippen LogP contribution in [-0.2, 0) is 15.1 Å². The third kappa shape index (κ3) is 2.75. The summed E-state index contributed by atoms with van der Waals surface area (Å²) in [5, 5.41) is 14.8. The van der Waals surface area contributed by atoms with Crippen LogP contribution in [0.5, 0.6) is 0 Å². The summed E-state index contributed by atoms with van der Waals surface area (Å²) in [4.78, 5) is 39.2. The van der Waals surface area contributed by atoms with Gasteiger partial charge in [-0.3, -0.25) is 14.9 Å².